The van der Waals surface area contributed by atoms with E-state index < -0.39 is 6.10 Å². The lowest BCUT2D eigenvalue weighted by atomic mass is 10.1. The molecule has 0 bridgehead atoms. The average Bonchev–Trinajstić information content (AvgIpc) is 2.80. The standard InChI is InChI=1S/C19H20N2O3S/c1-11-7-12(2)9-15(8-11)24-13(3)18(22)20-14-5-6-16-17(10-14)25-19(23)21(16)4/h5-10,13H,1-4H3,(H,20,22). The van der Waals surface area contributed by atoms with Crippen LogP contribution >= 0.6 is 11.3 Å². The molecule has 0 fully saturated rings. The van der Waals surface area contributed by atoms with E-state index in [0.29, 0.717) is 11.4 Å². The Hall–Kier alpha value is -2.60. The van der Waals surface area contributed by atoms with Crippen molar-refractivity contribution in [3.63, 3.8) is 0 Å². The van der Waals surface area contributed by atoms with Gasteiger partial charge in [-0.2, -0.15) is 0 Å². The molecule has 1 amide bonds. The summed E-state index contributed by atoms with van der Waals surface area (Å²) in [5, 5.41) is 2.84. The van der Waals surface area contributed by atoms with Gasteiger partial charge in [0.05, 0.1) is 10.2 Å². The van der Waals surface area contributed by atoms with Gasteiger partial charge in [0.25, 0.3) is 5.91 Å². The van der Waals surface area contributed by atoms with E-state index in [-0.39, 0.29) is 10.8 Å². The largest absolute Gasteiger partial charge is 0.481 e. The van der Waals surface area contributed by atoms with Crippen LogP contribution in [0, 0.1) is 13.8 Å². The maximum Gasteiger partial charge on any atom is 0.307 e. The van der Waals surface area contributed by atoms with Gasteiger partial charge in [-0.3, -0.25) is 9.59 Å². The van der Waals surface area contributed by atoms with Crippen molar-refractivity contribution in [3.05, 3.63) is 57.2 Å². The summed E-state index contributed by atoms with van der Waals surface area (Å²) in [6.45, 7) is 5.70. The Morgan fingerprint density at radius 1 is 1.16 bits per heavy atom. The van der Waals surface area contributed by atoms with Gasteiger partial charge in [0.1, 0.15) is 5.75 Å². The molecule has 25 heavy (non-hydrogen) atoms. The Bertz CT molecular complexity index is 983. The van der Waals surface area contributed by atoms with Crippen LogP contribution in [-0.4, -0.2) is 16.6 Å². The number of nitrogens with one attached hydrogen (secondary N) is 1. The molecule has 1 unspecified atom stereocenters. The maximum atomic E-state index is 12.4. The molecule has 0 aliphatic carbocycles. The second kappa shape index (κ2) is 6.72. The number of thiazole rings is 1. The molecule has 0 saturated heterocycles. The molecule has 3 aromatic rings. The van der Waals surface area contributed by atoms with Gasteiger partial charge >= 0.3 is 4.87 Å². The van der Waals surface area contributed by atoms with E-state index in [1.807, 2.05) is 38.1 Å². The monoisotopic (exact) mass is 356 g/mol. The molecule has 6 heteroatoms. The zero-order valence-electron chi connectivity index (χ0n) is 14.6. The number of benzene rings is 2. The highest BCUT2D eigenvalue weighted by Gasteiger charge is 2.16. The summed E-state index contributed by atoms with van der Waals surface area (Å²) >= 11 is 1.16. The highest BCUT2D eigenvalue weighted by Crippen LogP contribution is 2.22. The lowest BCUT2D eigenvalue weighted by Gasteiger charge is -2.15. The summed E-state index contributed by atoms with van der Waals surface area (Å²) in [7, 11) is 1.74. The zero-order valence-corrected chi connectivity index (χ0v) is 15.4. The van der Waals surface area contributed by atoms with Crippen molar-refractivity contribution in [3.8, 4) is 5.75 Å². The van der Waals surface area contributed by atoms with Crippen LogP contribution in [0.25, 0.3) is 10.2 Å². The number of hydrogen-bond donors (Lipinski definition) is 1. The van der Waals surface area contributed by atoms with Crippen LogP contribution in [0.5, 0.6) is 5.75 Å². The van der Waals surface area contributed by atoms with Crippen molar-refractivity contribution in [2.75, 3.05) is 5.32 Å². The van der Waals surface area contributed by atoms with Crippen molar-refractivity contribution in [1.82, 2.24) is 4.57 Å². The molecule has 0 spiro atoms. The quantitative estimate of drug-likeness (QED) is 0.777. The smallest absolute Gasteiger partial charge is 0.307 e. The molecule has 130 valence electrons. The van der Waals surface area contributed by atoms with E-state index in [1.54, 1.807) is 24.6 Å². The molecule has 5 nitrogen and oxygen atoms in total. The normalized spacial score (nSPS) is 12.2. The predicted molar refractivity (Wildman–Crippen MR) is 102 cm³/mol. The Kier molecular flexibility index (Phi) is 4.63. The Morgan fingerprint density at radius 3 is 2.52 bits per heavy atom. The number of rotatable bonds is 4. The van der Waals surface area contributed by atoms with Crippen LogP contribution in [-0.2, 0) is 11.8 Å². The third-order valence-electron chi connectivity index (χ3n) is 3.94. The van der Waals surface area contributed by atoms with Crippen LogP contribution in [0.3, 0.4) is 0 Å². The maximum absolute atomic E-state index is 12.4. The fourth-order valence-electron chi connectivity index (χ4n) is 2.71. The van der Waals surface area contributed by atoms with Crippen molar-refractivity contribution in [1.29, 1.82) is 0 Å². The predicted octanol–water partition coefficient (Wildman–Crippen LogP) is 3.62. The summed E-state index contributed by atoms with van der Waals surface area (Å²) in [5.74, 6) is 0.443. The first-order chi connectivity index (χ1) is 11.8. The van der Waals surface area contributed by atoms with E-state index in [9.17, 15) is 9.59 Å². The molecule has 0 saturated carbocycles. The van der Waals surface area contributed by atoms with Crippen molar-refractivity contribution < 1.29 is 9.53 Å². The number of amides is 1. The molecule has 0 radical (unpaired) electrons. The van der Waals surface area contributed by atoms with Gasteiger partial charge in [0.15, 0.2) is 6.10 Å². The molecule has 0 aliphatic heterocycles. The number of aryl methyl sites for hydroxylation is 3. The minimum Gasteiger partial charge on any atom is -0.481 e. The first-order valence-corrected chi connectivity index (χ1v) is 8.80. The fourth-order valence-corrected chi connectivity index (χ4v) is 3.63. The number of anilines is 1. The van der Waals surface area contributed by atoms with Crippen LogP contribution in [0.1, 0.15) is 18.1 Å². The third kappa shape index (κ3) is 3.74. The topological polar surface area (TPSA) is 60.3 Å². The molecule has 3 rings (SSSR count). The molecule has 1 aromatic heterocycles. The third-order valence-corrected chi connectivity index (χ3v) is 4.93. The summed E-state index contributed by atoms with van der Waals surface area (Å²) in [6, 6.07) is 11.3. The molecular formula is C19H20N2O3S. The Labute approximate surface area is 149 Å². The summed E-state index contributed by atoms with van der Waals surface area (Å²) in [4.78, 5) is 24.1. The van der Waals surface area contributed by atoms with E-state index >= 15 is 0 Å². The SMILES string of the molecule is Cc1cc(C)cc(OC(C)C(=O)Nc2ccc3c(c2)sc(=O)n3C)c1. The van der Waals surface area contributed by atoms with Crippen LogP contribution < -0.4 is 14.9 Å². The van der Waals surface area contributed by atoms with E-state index in [4.69, 9.17) is 4.74 Å². The number of fused-ring (bicyclic) bond motifs is 1. The first-order valence-electron chi connectivity index (χ1n) is 7.99. The Morgan fingerprint density at radius 2 is 1.84 bits per heavy atom. The minimum absolute atomic E-state index is 0.0232. The highest BCUT2D eigenvalue weighted by molar-refractivity contribution is 7.16. The average molecular weight is 356 g/mol. The van der Waals surface area contributed by atoms with Gasteiger partial charge in [-0.25, -0.2) is 0 Å². The van der Waals surface area contributed by atoms with Crippen LogP contribution in [0.2, 0.25) is 0 Å². The Balaban J connectivity index is 1.73. The second-order valence-electron chi connectivity index (χ2n) is 6.18. The summed E-state index contributed by atoms with van der Waals surface area (Å²) < 4.78 is 8.19. The number of hydrogen-bond acceptors (Lipinski definition) is 4. The van der Waals surface area contributed by atoms with Crippen molar-refractivity contribution in [2.45, 2.75) is 26.9 Å². The number of ether oxygens (including phenoxy) is 1. The second-order valence-corrected chi connectivity index (χ2v) is 7.18. The highest BCUT2D eigenvalue weighted by atomic mass is 32.1. The molecule has 1 heterocycles. The molecule has 0 aliphatic rings. The van der Waals surface area contributed by atoms with Gasteiger partial charge < -0.3 is 14.6 Å². The molecular weight excluding hydrogens is 336 g/mol. The van der Waals surface area contributed by atoms with Gasteiger partial charge in [0, 0.05) is 12.7 Å². The van der Waals surface area contributed by atoms with Crippen LogP contribution in [0.15, 0.2) is 41.2 Å². The van der Waals surface area contributed by atoms with Crippen LogP contribution in [0.4, 0.5) is 5.69 Å². The van der Waals surface area contributed by atoms with E-state index in [0.717, 1.165) is 32.7 Å². The number of aromatic nitrogens is 1. The van der Waals surface area contributed by atoms with Gasteiger partial charge in [-0.05, 0) is 62.2 Å². The minimum atomic E-state index is -0.633. The molecule has 2 aromatic carbocycles. The van der Waals surface area contributed by atoms with Gasteiger partial charge in [-0.1, -0.05) is 17.4 Å². The van der Waals surface area contributed by atoms with E-state index in [2.05, 4.69) is 11.4 Å². The molecule has 1 N–H and O–H groups in total. The van der Waals surface area contributed by atoms with Crippen molar-refractivity contribution >= 4 is 33.1 Å². The number of carbonyl (C=O) groups is 1. The van der Waals surface area contributed by atoms with E-state index in [1.165, 1.54) is 0 Å². The van der Waals surface area contributed by atoms with Gasteiger partial charge in [-0.15, -0.1) is 0 Å². The first kappa shape index (κ1) is 17.2. The lowest BCUT2D eigenvalue weighted by Crippen LogP contribution is -2.30. The number of carbonyl (C=O) groups excluding carboxylic acids is 1. The fraction of sp³-hybridized carbons (Fsp3) is 0.263. The summed E-state index contributed by atoms with van der Waals surface area (Å²) in [6.07, 6.45) is -0.633. The zero-order chi connectivity index (χ0) is 18.1. The summed E-state index contributed by atoms with van der Waals surface area (Å²) in [5.41, 5.74) is 3.68. The number of nitrogens with zero attached hydrogens (tertiary/aromatic N) is 1. The lowest BCUT2D eigenvalue weighted by molar-refractivity contribution is -0.122. The van der Waals surface area contributed by atoms with Gasteiger partial charge in [0.2, 0.25) is 0 Å². The van der Waals surface area contributed by atoms with Crippen molar-refractivity contribution in [2.24, 2.45) is 7.05 Å². The molecule has 1 atom stereocenters.